The van der Waals surface area contributed by atoms with E-state index >= 15 is 0 Å². The predicted molar refractivity (Wildman–Crippen MR) is 337 cm³/mol. The van der Waals surface area contributed by atoms with Gasteiger partial charge in [0.15, 0.2) is 25.2 Å². The van der Waals surface area contributed by atoms with E-state index in [9.17, 15) is 81.1 Å². The van der Waals surface area contributed by atoms with Crippen molar-refractivity contribution in [3.63, 3.8) is 0 Å². The first-order chi connectivity index (χ1) is 44.2. The highest BCUT2D eigenvalue weighted by atomic mass is 16.8. The van der Waals surface area contributed by atoms with Gasteiger partial charge in [0.1, 0.15) is 104 Å². The average molecular weight is 1330 g/mol. The molecule has 4 aliphatic rings. The number of ether oxygens (including phenoxy) is 8. The van der Waals surface area contributed by atoms with Gasteiger partial charge in [-0.25, -0.2) is 0 Å². The summed E-state index contributed by atoms with van der Waals surface area (Å²) in [5.74, 6) is -1.53. The molecule has 26 nitrogen and oxygen atoms in total. The predicted octanol–water partition coefficient (Wildman–Crippen LogP) is 2.54. The SMILES string of the molecule is CCCCCCCCCCCCCCCCCC[C@@H](O)C(=O)N[C@@H](CO[C@H]1O[C@H](CO)[C@H](O)[C@H](O)[C@H]1O[C@H]1O[C@H](CO[C@@H]2O[C@H](CO[C@H]3O[C@H]([C@H](C)O)[C@@H](O)[C@@H]3O)[C@H](O)[C@H](O)[C@H]2NC(C)=O)[C@H](O)[C@H](O)[C@H]1O)[C@H](O)[C@H](O)CCCCCCCCCCCCCCCC. The quantitative estimate of drug-likeness (QED) is 0.0389. The van der Waals surface area contributed by atoms with Gasteiger partial charge in [0.05, 0.1) is 44.7 Å². The minimum absolute atomic E-state index is 0.126. The van der Waals surface area contributed by atoms with E-state index in [-0.39, 0.29) is 12.8 Å². The largest absolute Gasteiger partial charge is 0.394 e. The molecule has 2 amide bonds. The van der Waals surface area contributed by atoms with Gasteiger partial charge in [-0.05, 0) is 19.8 Å². The number of aliphatic hydroxyl groups excluding tert-OH is 14. The van der Waals surface area contributed by atoms with E-state index < -0.39 is 185 Å². The van der Waals surface area contributed by atoms with Crippen LogP contribution in [-0.2, 0) is 47.5 Å². The van der Waals surface area contributed by atoms with Gasteiger partial charge in [-0.3, -0.25) is 9.59 Å². The number of unbranched alkanes of at least 4 members (excludes halogenated alkanes) is 28. The zero-order valence-electron chi connectivity index (χ0n) is 55.7. The molecule has 0 bridgehead atoms. The Kier molecular flexibility index (Phi) is 41.6. The molecule has 92 heavy (non-hydrogen) atoms. The number of amides is 2. The summed E-state index contributed by atoms with van der Waals surface area (Å²) < 4.78 is 46.7. The highest BCUT2D eigenvalue weighted by Gasteiger charge is 2.53. The second-order valence-corrected chi connectivity index (χ2v) is 26.4. The van der Waals surface area contributed by atoms with Crippen molar-refractivity contribution in [1.82, 2.24) is 10.6 Å². The van der Waals surface area contributed by atoms with Gasteiger partial charge in [0, 0.05) is 6.92 Å². The highest BCUT2D eigenvalue weighted by molar-refractivity contribution is 5.80. The lowest BCUT2D eigenvalue weighted by atomic mass is 9.96. The van der Waals surface area contributed by atoms with Gasteiger partial charge in [-0.1, -0.05) is 206 Å². The van der Waals surface area contributed by atoms with Crippen molar-refractivity contribution in [2.45, 2.75) is 380 Å². The average Bonchev–Trinajstić information content (AvgIpc) is 1.56. The number of hydrogen-bond acceptors (Lipinski definition) is 24. The standard InChI is InChI=1S/C66H124N2O24/c1-5-7-9-11-13-15-17-19-21-22-24-26-28-30-32-34-36-45(73)62(84)68-43(50(74)44(72)35-33-31-29-27-25-23-20-18-16-14-12-10-8-6-2)38-85-66-61(56(80)51(75)46(37-69)88-66)92-65-58(82)55(79)53(77)48(90-65)39-86-63-49(67-42(4)71)54(78)52(76)47(89-63)40-87-64-59(83)57(81)60(91-64)41(3)70/h41,43-61,63-66,69-70,72-83H,5-40H2,1-4H3,(H,67,71)(H,68,84)/t41-,43-,44+,45+,46+,47+,48+,49+,50-,51-,52-,53-,54+,55-,56-,57-,58+,59-,60+,61+,63+,64-,65+,66-/m0/s1. The lowest BCUT2D eigenvalue weighted by molar-refractivity contribution is -0.371. The van der Waals surface area contributed by atoms with E-state index in [1.54, 1.807) is 0 Å². The van der Waals surface area contributed by atoms with E-state index in [1.807, 2.05) is 0 Å². The van der Waals surface area contributed by atoms with E-state index in [2.05, 4.69) is 24.5 Å². The Morgan fingerprint density at radius 3 is 1.32 bits per heavy atom. The van der Waals surface area contributed by atoms with Crippen molar-refractivity contribution in [2.75, 3.05) is 26.4 Å². The molecule has 4 heterocycles. The number of carbonyl (C=O) groups is 2. The molecule has 0 aromatic carbocycles. The Balaban J connectivity index is 1.40. The third-order valence-electron chi connectivity index (χ3n) is 18.5. The van der Waals surface area contributed by atoms with Crippen molar-refractivity contribution >= 4 is 11.8 Å². The summed E-state index contributed by atoms with van der Waals surface area (Å²) in [6.07, 6.45) is -2.64. The lowest BCUT2D eigenvalue weighted by Gasteiger charge is -2.47. The smallest absolute Gasteiger partial charge is 0.249 e. The minimum Gasteiger partial charge on any atom is -0.394 e. The Labute approximate surface area is 546 Å². The molecule has 0 saturated carbocycles. The zero-order valence-corrected chi connectivity index (χ0v) is 55.7. The van der Waals surface area contributed by atoms with E-state index in [0.717, 1.165) is 64.7 Å². The Bertz CT molecular complexity index is 1910. The molecule has 0 aromatic rings. The van der Waals surface area contributed by atoms with Gasteiger partial charge in [0.25, 0.3) is 0 Å². The van der Waals surface area contributed by atoms with Crippen molar-refractivity contribution in [3.8, 4) is 0 Å². The topological polar surface area (TPSA) is 415 Å². The maximum Gasteiger partial charge on any atom is 0.249 e. The molecular weight excluding hydrogens is 1200 g/mol. The van der Waals surface area contributed by atoms with Gasteiger partial charge < -0.3 is 120 Å². The summed E-state index contributed by atoms with van der Waals surface area (Å²) in [7, 11) is 0. The highest BCUT2D eigenvalue weighted by Crippen LogP contribution is 2.33. The summed E-state index contributed by atoms with van der Waals surface area (Å²) >= 11 is 0. The van der Waals surface area contributed by atoms with Crippen LogP contribution < -0.4 is 10.6 Å². The van der Waals surface area contributed by atoms with E-state index in [1.165, 1.54) is 129 Å². The van der Waals surface area contributed by atoms with Gasteiger partial charge in [-0.15, -0.1) is 0 Å². The minimum atomic E-state index is -2.09. The normalized spacial score (nSPS) is 32.7. The van der Waals surface area contributed by atoms with Crippen molar-refractivity contribution < 1.29 is 119 Å². The van der Waals surface area contributed by atoms with Crippen LogP contribution in [0.3, 0.4) is 0 Å². The van der Waals surface area contributed by atoms with Crippen LogP contribution in [0, 0.1) is 0 Å². The van der Waals surface area contributed by atoms with E-state index in [0.29, 0.717) is 12.8 Å². The van der Waals surface area contributed by atoms with Crippen LogP contribution in [0.5, 0.6) is 0 Å². The molecule has 4 aliphatic heterocycles. The van der Waals surface area contributed by atoms with E-state index in [4.69, 9.17) is 37.9 Å². The third-order valence-corrected chi connectivity index (χ3v) is 18.5. The molecule has 4 fully saturated rings. The summed E-state index contributed by atoms with van der Waals surface area (Å²) in [5, 5.41) is 159. The number of rotatable bonds is 50. The molecule has 16 N–H and O–H groups in total. The Morgan fingerprint density at radius 1 is 0.446 bits per heavy atom. The van der Waals surface area contributed by atoms with Crippen LogP contribution in [-0.4, -0.2) is 257 Å². The molecule has 0 spiro atoms. The van der Waals surface area contributed by atoms with Gasteiger partial charge in [0.2, 0.25) is 11.8 Å². The molecular formula is C66H124N2O24. The molecule has 0 aliphatic carbocycles. The molecule has 0 aromatic heterocycles. The van der Waals surface area contributed by atoms with Gasteiger partial charge >= 0.3 is 0 Å². The van der Waals surface area contributed by atoms with Crippen molar-refractivity contribution in [2.24, 2.45) is 0 Å². The molecule has 4 saturated heterocycles. The zero-order chi connectivity index (χ0) is 67.5. The lowest BCUT2D eigenvalue weighted by Crippen LogP contribution is -2.66. The first-order valence-corrected chi connectivity index (χ1v) is 35.3. The third kappa shape index (κ3) is 28.5. The number of aliphatic hydroxyl groups is 14. The fraction of sp³-hybridized carbons (Fsp3) is 0.970. The first-order valence-electron chi connectivity index (χ1n) is 35.3. The number of nitrogens with one attached hydrogen (secondary N) is 2. The fourth-order valence-electron chi connectivity index (χ4n) is 12.6. The number of carbonyl (C=O) groups excluding carboxylic acids is 2. The maximum absolute atomic E-state index is 13.7. The first kappa shape index (κ1) is 82.5. The molecule has 0 unspecified atom stereocenters. The number of hydrogen-bond donors (Lipinski definition) is 16. The second-order valence-electron chi connectivity index (χ2n) is 26.4. The molecule has 0 radical (unpaired) electrons. The van der Waals surface area contributed by atoms with Crippen LogP contribution >= 0.6 is 0 Å². The van der Waals surface area contributed by atoms with Crippen LogP contribution in [0.1, 0.15) is 233 Å². The summed E-state index contributed by atoms with van der Waals surface area (Å²) in [6.45, 7) is 3.99. The van der Waals surface area contributed by atoms with Crippen LogP contribution in [0.4, 0.5) is 0 Å². The van der Waals surface area contributed by atoms with Gasteiger partial charge in [-0.2, -0.15) is 0 Å². The Hall–Kier alpha value is -1.94. The molecule has 24 atom stereocenters. The van der Waals surface area contributed by atoms with Crippen molar-refractivity contribution in [1.29, 1.82) is 0 Å². The van der Waals surface area contributed by atoms with Crippen LogP contribution in [0.25, 0.3) is 0 Å². The summed E-state index contributed by atoms with van der Waals surface area (Å²) in [6, 6.07) is -2.91. The molecule has 542 valence electrons. The Morgan fingerprint density at radius 2 is 0.859 bits per heavy atom. The maximum atomic E-state index is 13.7. The molecule has 26 heteroatoms. The monoisotopic (exact) mass is 1330 g/mol. The fourth-order valence-corrected chi connectivity index (χ4v) is 12.6. The summed E-state index contributed by atoms with van der Waals surface area (Å²) in [4.78, 5) is 26.0. The second kappa shape index (κ2) is 46.4. The van der Waals surface area contributed by atoms with Crippen LogP contribution in [0.15, 0.2) is 0 Å². The van der Waals surface area contributed by atoms with Crippen molar-refractivity contribution in [3.05, 3.63) is 0 Å². The van der Waals surface area contributed by atoms with Crippen LogP contribution in [0.2, 0.25) is 0 Å². The molecule has 4 rings (SSSR count). The summed E-state index contributed by atoms with van der Waals surface area (Å²) in [5.41, 5.74) is 0.